The van der Waals surface area contributed by atoms with Gasteiger partial charge in [-0.05, 0) is 24.6 Å². The lowest BCUT2D eigenvalue weighted by molar-refractivity contribution is -0.121. The van der Waals surface area contributed by atoms with Crippen LogP contribution in [0.1, 0.15) is 30.1 Å². The zero-order chi connectivity index (χ0) is 23.0. The standard InChI is InChI=1S/C20H25BrN4O6/c1-3-4-8-25-17(22)16(18(27)23-20(25)29)24(9-10-30-2)15(26)12-31-19(28)13-6-5-7-14(21)11-13/h5-7,11H,3-4,8-10,12,22H2,1-2H3,(H,23,27,29). The first-order chi connectivity index (χ1) is 14.8. The maximum Gasteiger partial charge on any atom is 0.338 e. The monoisotopic (exact) mass is 496 g/mol. The molecular weight excluding hydrogens is 472 g/mol. The third-order valence-electron chi connectivity index (χ3n) is 4.43. The zero-order valence-electron chi connectivity index (χ0n) is 17.4. The smallest absolute Gasteiger partial charge is 0.338 e. The molecule has 1 aromatic heterocycles. The molecule has 0 aliphatic rings. The van der Waals surface area contributed by atoms with Crippen molar-refractivity contribution in [2.75, 3.05) is 37.5 Å². The van der Waals surface area contributed by atoms with Crippen molar-refractivity contribution in [2.24, 2.45) is 0 Å². The van der Waals surface area contributed by atoms with Gasteiger partial charge in [-0.15, -0.1) is 0 Å². The number of aromatic amines is 1. The Balaban J connectivity index is 2.30. The molecule has 2 rings (SSSR count). The lowest BCUT2D eigenvalue weighted by Gasteiger charge is -2.24. The number of halogens is 1. The Kier molecular flexibility index (Phi) is 9.01. The third-order valence-corrected chi connectivity index (χ3v) is 4.92. The molecule has 0 radical (unpaired) electrons. The highest BCUT2D eigenvalue weighted by molar-refractivity contribution is 9.10. The molecule has 1 aromatic carbocycles. The van der Waals surface area contributed by atoms with Crippen molar-refractivity contribution >= 4 is 39.3 Å². The molecule has 1 amide bonds. The number of carbonyl (C=O) groups is 2. The number of H-pyrrole nitrogens is 1. The van der Waals surface area contributed by atoms with Crippen molar-refractivity contribution in [3.05, 3.63) is 55.1 Å². The summed E-state index contributed by atoms with van der Waals surface area (Å²) in [5, 5.41) is 0. The topological polar surface area (TPSA) is 137 Å². The number of nitrogens with two attached hydrogens (primary N) is 1. The first-order valence-corrected chi connectivity index (χ1v) is 10.4. The van der Waals surface area contributed by atoms with E-state index in [1.807, 2.05) is 6.92 Å². The van der Waals surface area contributed by atoms with E-state index in [4.69, 9.17) is 15.2 Å². The normalized spacial score (nSPS) is 10.7. The van der Waals surface area contributed by atoms with Crippen LogP contribution in [0.2, 0.25) is 0 Å². The number of hydrogen-bond donors (Lipinski definition) is 2. The summed E-state index contributed by atoms with van der Waals surface area (Å²) in [6.45, 7) is 1.68. The first-order valence-electron chi connectivity index (χ1n) is 9.64. The Labute approximate surface area is 187 Å². The molecule has 11 heteroatoms. The summed E-state index contributed by atoms with van der Waals surface area (Å²) in [5.74, 6) is -1.51. The van der Waals surface area contributed by atoms with Gasteiger partial charge in [0.05, 0.1) is 12.2 Å². The number of aromatic nitrogens is 2. The van der Waals surface area contributed by atoms with Crippen LogP contribution in [0, 0.1) is 0 Å². The van der Waals surface area contributed by atoms with Gasteiger partial charge in [0.15, 0.2) is 12.3 Å². The fourth-order valence-corrected chi connectivity index (χ4v) is 3.22. The summed E-state index contributed by atoms with van der Waals surface area (Å²) in [7, 11) is 1.44. The number of nitrogens with one attached hydrogen (secondary N) is 1. The zero-order valence-corrected chi connectivity index (χ0v) is 18.9. The number of benzene rings is 1. The number of methoxy groups -OCH3 is 1. The van der Waals surface area contributed by atoms with Gasteiger partial charge in [-0.1, -0.05) is 35.3 Å². The van der Waals surface area contributed by atoms with E-state index in [0.717, 1.165) is 11.3 Å². The van der Waals surface area contributed by atoms with Gasteiger partial charge in [0.2, 0.25) is 0 Å². The van der Waals surface area contributed by atoms with E-state index in [0.29, 0.717) is 10.9 Å². The molecule has 0 aliphatic heterocycles. The number of rotatable bonds is 10. The van der Waals surface area contributed by atoms with Crippen molar-refractivity contribution in [3.8, 4) is 0 Å². The van der Waals surface area contributed by atoms with Crippen LogP contribution in [0.15, 0.2) is 38.3 Å². The summed E-state index contributed by atoms with van der Waals surface area (Å²) >= 11 is 3.26. The maximum absolute atomic E-state index is 12.9. The highest BCUT2D eigenvalue weighted by Gasteiger charge is 2.25. The lowest BCUT2D eigenvalue weighted by Crippen LogP contribution is -2.44. The molecule has 0 saturated carbocycles. The second kappa shape index (κ2) is 11.5. The first kappa shape index (κ1) is 24.4. The molecule has 1 heterocycles. The van der Waals surface area contributed by atoms with Gasteiger partial charge in [0.25, 0.3) is 11.5 Å². The highest BCUT2D eigenvalue weighted by atomic mass is 79.9. The minimum atomic E-state index is -0.807. The molecule has 31 heavy (non-hydrogen) atoms. The Morgan fingerprint density at radius 3 is 2.68 bits per heavy atom. The van der Waals surface area contributed by atoms with E-state index in [1.54, 1.807) is 24.3 Å². The van der Waals surface area contributed by atoms with E-state index in [2.05, 4.69) is 20.9 Å². The highest BCUT2D eigenvalue weighted by Crippen LogP contribution is 2.18. The Bertz CT molecular complexity index is 1050. The van der Waals surface area contributed by atoms with Gasteiger partial charge in [-0.2, -0.15) is 0 Å². The SMILES string of the molecule is CCCCn1c(N)c(N(CCOC)C(=O)COC(=O)c2cccc(Br)c2)c(=O)[nH]c1=O. The minimum absolute atomic E-state index is 0.0248. The van der Waals surface area contributed by atoms with E-state index >= 15 is 0 Å². The molecule has 0 fully saturated rings. The molecule has 0 bridgehead atoms. The molecule has 2 aromatic rings. The van der Waals surface area contributed by atoms with Crippen molar-refractivity contribution in [3.63, 3.8) is 0 Å². The van der Waals surface area contributed by atoms with E-state index < -0.39 is 29.7 Å². The average Bonchev–Trinajstić information content (AvgIpc) is 2.73. The molecule has 10 nitrogen and oxygen atoms in total. The number of nitrogen functional groups attached to an aromatic ring is 1. The number of amides is 1. The summed E-state index contributed by atoms with van der Waals surface area (Å²) in [4.78, 5) is 53.0. The van der Waals surface area contributed by atoms with E-state index in [1.165, 1.54) is 11.7 Å². The molecule has 0 aliphatic carbocycles. The number of esters is 1. The summed E-state index contributed by atoms with van der Waals surface area (Å²) < 4.78 is 12.0. The predicted octanol–water partition coefficient (Wildman–Crippen LogP) is 1.52. The van der Waals surface area contributed by atoms with Gasteiger partial charge in [-0.3, -0.25) is 24.0 Å². The number of ether oxygens (including phenoxy) is 2. The molecule has 0 saturated heterocycles. The summed E-state index contributed by atoms with van der Waals surface area (Å²) in [6.07, 6.45) is 1.46. The molecular formula is C20H25BrN4O6. The van der Waals surface area contributed by atoms with Crippen LogP contribution < -0.4 is 21.9 Å². The lowest BCUT2D eigenvalue weighted by atomic mass is 10.2. The fraction of sp³-hybridized carbons (Fsp3) is 0.400. The quantitative estimate of drug-likeness (QED) is 0.475. The molecule has 168 valence electrons. The van der Waals surface area contributed by atoms with Gasteiger partial charge in [0, 0.05) is 24.7 Å². The average molecular weight is 497 g/mol. The third kappa shape index (κ3) is 6.28. The second-order valence-electron chi connectivity index (χ2n) is 6.62. The van der Waals surface area contributed by atoms with Crippen LogP contribution in [0.3, 0.4) is 0 Å². The van der Waals surface area contributed by atoms with Crippen LogP contribution in [-0.4, -0.2) is 48.3 Å². The van der Waals surface area contributed by atoms with Gasteiger partial charge < -0.3 is 15.2 Å². The van der Waals surface area contributed by atoms with Crippen molar-refractivity contribution in [2.45, 2.75) is 26.3 Å². The molecule has 0 spiro atoms. The van der Waals surface area contributed by atoms with E-state index in [-0.39, 0.29) is 36.8 Å². The summed E-state index contributed by atoms with van der Waals surface area (Å²) in [5.41, 5.74) is 4.71. The van der Waals surface area contributed by atoms with Gasteiger partial charge >= 0.3 is 11.7 Å². The van der Waals surface area contributed by atoms with Crippen molar-refractivity contribution < 1.29 is 19.1 Å². The van der Waals surface area contributed by atoms with Gasteiger partial charge in [-0.25, -0.2) is 9.59 Å². The number of carbonyl (C=O) groups excluding carboxylic acids is 2. The number of anilines is 2. The largest absolute Gasteiger partial charge is 0.452 e. The maximum atomic E-state index is 12.9. The van der Waals surface area contributed by atoms with Gasteiger partial charge in [0.1, 0.15) is 5.82 Å². The molecule has 0 atom stereocenters. The minimum Gasteiger partial charge on any atom is -0.452 e. The van der Waals surface area contributed by atoms with Crippen molar-refractivity contribution in [1.82, 2.24) is 9.55 Å². The van der Waals surface area contributed by atoms with Crippen LogP contribution in [-0.2, 0) is 20.8 Å². The van der Waals surface area contributed by atoms with Crippen LogP contribution in [0.5, 0.6) is 0 Å². The number of hydrogen-bond acceptors (Lipinski definition) is 7. The van der Waals surface area contributed by atoms with Crippen LogP contribution in [0.4, 0.5) is 11.5 Å². The Morgan fingerprint density at radius 2 is 2.03 bits per heavy atom. The Hall–Kier alpha value is -2.92. The van der Waals surface area contributed by atoms with Crippen molar-refractivity contribution in [1.29, 1.82) is 0 Å². The Morgan fingerprint density at radius 1 is 1.29 bits per heavy atom. The second-order valence-corrected chi connectivity index (χ2v) is 7.54. The van der Waals surface area contributed by atoms with Crippen LogP contribution in [0.25, 0.3) is 0 Å². The summed E-state index contributed by atoms with van der Waals surface area (Å²) in [6, 6.07) is 6.51. The fourth-order valence-electron chi connectivity index (χ4n) is 2.82. The molecule has 3 N–H and O–H groups in total. The molecule has 0 unspecified atom stereocenters. The predicted molar refractivity (Wildman–Crippen MR) is 119 cm³/mol. The van der Waals surface area contributed by atoms with E-state index in [9.17, 15) is 19.2 Å². The number of unbranched alkanes of at least 4 members (excludes halogenated alkanes) is 1. The number of nitrogens with zero attached hydrogens (tertiary/aromatic N) is 2. The van der Waals surface area contributed by atoms with Crippen LogP contribution >= 0.6 is 15.9 Å².